The number of unbranched alkanes of at least 4 members (excludes halogenated alkanes) is 53. The summed E-state index contributed by atoms with van der Waals surface area (Å²) in [6.45, 7) is 7.95. The van der Waals surface area contributed by atoms with Gasteiger partial charge >= 0.3 is 11.9 Å². The van der Waals surface area contributed by atoms with Crippen LogP contribution >= 0.6 is 0 Å². The second-order valence-electron chi connectivity index (χ2n) is 23.1. The third-order valence-electron chi connectivity index (χ3n) is 15.6. The molecule has 0 saturated heterocycles. The zero-order chi connectivity index (χ0) is 52.0. The molecule has 0 saturated carbocycles. The smallest absolute Gasteiger partial charge is 0.306 e. The summed E-state index contributed by atoms with van der Waals surface area (Å²) in [5, 5.41) is 0. The third-order valence-corrected chi connectivity index (χ3v) is 15.6. The molecule has 0 aromatic rings. The molecule has 5 heteroatoms. The minimum atomic E-state index is -0.526. The van der Waals surface area contributed by atoms with Gasteiger partial charge in [0.15, 0.2) is 6.10 Å². The van der Waals surface area contributed by atoms with Gasteiger partial charge < -0.3 is 14.2 Å². The van der Waals surface area contributed by atoms with Crippen LogP contribution in [0.25, 0.3) is 0 Å². The summed E-state index contributed by atoms with van der Waals surface area (Å²) in [6, 6.07) is 0. The van der Waals surface area contributed by atoms with Crippen LogP contribution in [0.3, 0.4) is 0 Å². The molecule has 0 N–H and O–H groups in total. The second kappa shape index (κ2) is 64.2. The molecule has 0 amide bonds. The van der Waals surface area contributed by atoms with E-state index in [1.165, 1.54) is 327 Å². The molecule has 0 aromatic heterocycles. The van der Waals surface area contributed by atoms with Crippen LogP contribution in [-0.2, 0) is 23.8 Å². The molecular weight excluding hydrogens is 885 g/mol. The van der Waals surface area contributed by atoms with Crippen molar-refractivity contribution in [1.29, 1.82) is 0 Å². The average molecular weight is 1020 g/mol. The molecule has 0 aliphatic heterocycles. The van der Waals surface area contributed by atoms with Gasteiger partial charge in [-0.25, -0.2) is 0 Å². The monoisotopic (exact) mass is 1020 g/mol. The van der Waals surface area contributed by atoms with E-state index in [1.807, 2.05) is 0 Å². The normalized spacial score (nSPS) is 12.0. The molecule has 0 fully saturated rings. The van der Waals surface area contributed by atoms with Crippen LogP contribution in [0.2, 0.25) is 0 Å². The Morgan fingerprint density at radius 1 is 0.250 bits per heavy atom. The van der Waals surface area contributed by atoms with E-state index in [0.29, 0.717) is 26.1 Å². The first-order chi connectivity index (χ1) is 35.6. The van der Waals surface area contributed by atoms with E-state index in [9.17, 15) is 9.59 Å². The quantitative estimate of drug-likeness (QED) is 0.0449. The fourth-order valence-electron chi connectivity index (χ4n) is 10.6. The summed E-state index contributed by atoms with van der Waals surface area (Å²) >= 11 is 0. The lowest BCUT2D eigenvalue weighted by molar-refractivity contribution is -0.163. The topological polar surface area (TPSA) is 61.8 Å². The SMILES string of the molecule is CCCCCCCCCCCCCCCCCCCCCC(=O)OCC(COCCCCCCCCCCCCCCCCCCCC)OC(=O)CCCCCCCCCCCCCCCCCCCCC. The fourth-order valence-corrected chi connectivity index (χ4v) is 10.6. The number of carbonyl (C=O) groups excluding carboxylic acids is 2. The van der Waals surface area contributed by atoms with E-state index < -0.39 is 6.10 Å². The molecule has 0 rings (SSSR count). The molecule has 0 aliphatic rings. The summed E-state index contributed by atoms with van der Waals surface area (Å²) in [7, 11) is 0. The zero-order valence-corrected chi connectivity index (χ0v) is 49.8. The van der Waals surface area contributed by atoms with Crippen molar-refractivity contribution in [3.05, 3.63) is 0 Å². The molecule has 0 aromatic carbocycles. The van der Waals surface area contributed by atoms with Crippen LogP contribution in [0.1, 0.15) is 393 Å². The van der Waals surface area contributed by atoms with Gasteiger partial charge in [-0.05, 0) is 19.3 Å². The van der Waals surface area contributed by atoms with Crippen molar-refractivity contribution in [2.45, 2.75) is 399 Å². The van der Waals surface area contributed by atoms with Crippen LogP contribution in [0, 0.1) is 0 Å². The number of ether oxygens (including phenoxy) is 3. The Balaban J connectivity index is 4.18. The molecule has 0 aliphatic carbocycles. The second-order valence-corrected chi connectivity index (χ2v) is 23.1. The minimum absolute atomic E-state index is 0.0992. The van der Waals surface area contributed by atoms with Crippen LogP contribution in [0.5, 0.6) is 0 Å². The van der Waals surface area contributed by atoms with Crippen LogP contribution in [0.15, 0.2) is 0 Å². The zero-order valence-electron chi connectivity index (χ0n) is 49.8. The largest absolute Gasteiger partial charge is 0.462 e. The fraction of sp³-hybridized carbons (Fsp3) is 0.970. The molecule has 0 heterocycles. The van der Waals surface area contributed by atoms with Gasteiger partial charge in [0.2, 0.25) is 0 Å². The van der Waals surface area contributed by atoms with Crippen molar-refractivity contribution in [3.63, 3.8) is 0 Å². The first-order valence-electron chi connectivity index (χ1n) is 33.6. The Hall–Kier alpha value is -1.10. The number of hydrogen-bond acceptors (Lipinski definition) is 5. The number of carbonyl (C=O) groups is 2. The third kappa shape index (κ3) is 61.4. The molecule has 1 atom stereocenters. The van der Waals surface area contributed by atoms with E-state index in [0.717, 1.165) is 32.1 Å². The summed E-state index contributed by atoms with van der Waals surface area (Å²) in [4.78, 5) is 25.7. The van der Waals surface area contributed by atoms with Gasteiger partial charge in [0.1, 0.15) is 6.61 Å². The van der Waals surface area contributed by atoms with Gasteiger partial charge in [0.05, 0.1) is 6.61 Å². The Bertz CT molecular complexity index is 1010. The van der Waals surface area contributed by atoms with E-state index in [4.69, 9.17) is 14.2 Å². The minimum Gasteiger partial charge on any atom is -0.462 e. The Morgan fingerprint density at radius 3 is 0.708 bits per heavy atom. The molecular formula is C67H132O5. The Labute approximate surface area is 452 Å². The summed E-state index contributed by atoms with van der Waals surface area (Å²) in [5.41, 5.74) is 0. The van der Waals surface area contributed by atoms with Crippen LogP contribution in [0.4, 0.5) is 0 Å². The molecule has 0 radical (unpaired) electrons. The highest BCUT2D eigenvalue weighted by Crippen LogP contribution is 2.19. The van der Waals surface area contributed by atoms with Crippen molar-refractivity contribution < 1.29 is 23.8 Å². The predicted octanol–water partition coefficient (Wildman–Crippen LogP) is 23.1. The van der Waals surface area contributed by atoms with Gasteiger partial charge in [0.25, 0.3) is 0 Å². The molecule has 72 heavy (non-hydrogen) atoms. The highest BCUT2D eigenvalue weighted by molar-refractivity contribution is 5.70. The van der Waals surface area contributed by atoms with Crippen molar-refractivity contribution in [2.24, 2.45) is 0 Å². The first kappa shape index (κ1) is 70.9. The maximum Gasteiger partial charge on any atom is 0.306 e. The van der Waals surface area contributed by atoms with Crippen LogP contribution < -0.4 is 0 Å². The molecule has 1 unspecified atom stereocenters. The predicted molar refractivity (Wildman–Crippen MR) is 316 cm³/mol. The number of hydrogen-bond donors (Lipinski definition) is 0. The van der Waals surface area contributed by atoms with Crippen LogP contribution in [-0.4, -0.2) is 37.9 Å². The molecule has 0 spiro atoms. The van der Waals surface area contributed by atoms with E-state index in [1.54, 1.807) is 0 Å². The van der Waals surface area contributed by atoms with E-state index in [2.05, 4.69) is 20.8 Å². The number of rotatable bonds is 64. The molecule has 5 nitrogen and oxygen atoms in total. The molecule has 0 bridgehead atoms. The standard InChI is InChI=1S/C67H132O5/c1-4-7-10-13-16-19-22-25-28-31-34-36-39-42-45-48-51-54-57-60-66(68)71-64-65(63-70-62-59-56-53-50-47-44-41-38-33-30-27-24-21-18-15-12-9-6-3)72-67(69)61-58-55-52-49-46-43-40-37-35-32-29-26-23-20-17-14-11-8-5-2/h65H,4-64H2,1-3H3. The lowest BCUT2D eigenvalue weighted by Crippen LogP contribution is -2.30. The van der Waals surface area contributed by atoms with Gasteiger partial charge in [-0.3, -0.25) is 9.59 Å². The Kier molecular flexibility index (Phi) is 63.2. The Morgan fingerprint density at radius 2 is 0.458 bits per heavy atom. The van der Waals surface area contributed by atoms with Gasteiger partial charge in [0, 0.05) is 19.4 Å². The maximum atomic E-state index is 12.9. The summed E-state index contributed by atoms with van der Waals surface area (Å²) in [6.07, 6.45) is 75.8. The van der Waals surface area contributed by atoms with Gasteiger partial charge in [-0.15, -0.1) is 0 Å². The van der Waals surface area contributed by atoms with Gasteiger partial charge in [-0.2, -0.15) is 0 Å². The van der Waals surface area contributed by atoms with Crippen molar-refractivity contribution >= 4 is 11.9 Å². The average Bonchev–Trinajstić information content (AvgIpc) is 3.38. The van der Waals surface area contributed by atoms with Gasteiger partial charge in [-0.1, -0.05) is 361 Å². The highest BCUT2D eigenvalue weighted by Gasteiger charge is 2.18. The maximum absolute atomic E-state index is 12.9. The summed E-state index contributed by atoms with van der Waals surface area (Å²) in [5.74, 6) is -0.357. The van der Waals surface area contributed by atoms with Crippen molar-refractivity contribution in [2.75, 3.05) is 19.8 Å². The lowest BCUT2D eigenvalue weighted by atomic mass is 10.0. The van der Waals surface area contributed by atoms with Crippen molar-refractivity contribution in [3.8, 4) is 0 Å². The highest BCUT2D eigenvalue weighted by atomic mass is 16.6. The summed E-state index contributed by atoms with van der Waals surface area (Å²) < 4.78 is 17.6. The van der Waals surface area contributed by atoms with Crippen molar-refractivity contribution in [1.82, 2.24) is 0 Å². The number of esters is 2. The first-order valence-corrected chi connectivity index (χ1v) is 33.6. The van der Waals surface area contributed by atoms with E-state index >= 15 is 0 Å². The molecule has 430 valence electrons. The van der Waals surface area contributed by atoms with E-state index in [-0.39, 0.29) is 18.5 Å². The lowest BCUT2D eigenvalue weighted by Gasteiger charge is -2.18.